The topological polar surface area (TPSA) is 58.3 Å². The Kier molecular flexibility index (Phi) is 9.34. The van der Waals surface area contributed by atoms with E-state index in [2.05, 4.69) is 91.9 Å². The highest BCUT2D eigenvalue weighted by atomic mass is 16.3. The van der Waals surface area contributed by atoms with E-state index >= 15 is 0 Å². The Morgan fingerprint density at radius 2 is 1.08 bits per heavy atom. The molecule has 0 bridgehead atoms. The highest BCUT2D eigenvalue weighted by Crippen LogP contribution is 2.38. The molecular formula is C34H48N2O. The highest BCUT2D eigenvalue weighted by molar-refractivity contribution is 5.64. The van der Waals surface area contributed by atoms with Crippen molar-refractivity contribution in [3.8, 4) is 5.75 Å². The summed E-state index contributed by atoms with van der Waals surface area (Å²) in [5.74, 6) is 1.87. The third kappa shape index (κ3) is 6.69. The Balaban J connectivity index is 2.08. The van der Waals surface area contributed by atoms with Crippen LogP contribution in [-0.2, 0) is 6.42 Å². The van der Waals surface area contributed by atoms with Gasteiger partial charge in [-0.3, -0.25) is 0 Å². The smallest absolute Gasteiger partial charge is 0.115 e. The quantitative estimate of drug-likeness (QED) is 0.243. The lowest BCUT2D eigenvalue weighted by molar-refractivity contribution is 0.475. The summed E-state index contributed by atoms with van der Waals surface area (Å²) in [7, 11) is 0. The summed E-state index contributed by atoms with van der Waals surface area (Å²) in [4.78, 5) is 0. The number of anilines is 2. The van der Waals surface area contributed by atoms with E-state index in [-0.39, 0.29) is 6.04 Å². The van der Waals surface area contributed by atoms with Crippen LogP contribution >= 0.6 is 0 Å². The maximum atomic E-state index is 9.77. The molecule has 3 rings (SSSR count). The van der Waals surface area contributed by atoms with Crippen LogP contribution in [0.2, 0.25) is 0 Å². The fourth-order valence-corrected chi connectivity index (χ4v) is 5.29. The van der Waals surface area contributed by atoms with Gasteiger partial charge in [-0.1, -0.05) is 98.7 Å². The van der Waals surface area contributed by atoms with Crippen LogP contribution in [0.3, 0.4) is 0 Å². The first kappa shape index (κ1) is 28.6. The van der Waals surface area contributed by atoms with Crippen LogP contribution in [-0.4, -0.2) is 5.11 Å². The van der Waals surface area contributed by atoms with E-state index in [1.54, 1.807) is 12.1 Å². The predicted molar refractivity (Wildman–Crippen MR) is 161 cm³/mol. The SMILES string of the molecule is CCC(Nc1c(C(C)C)cc(Cc2cc(C(C)C)c(N)c(C(C)C)c2)cc1C(C)C)c1ccc(O)cc1. The fraction of sp³-hybridized carbons (Fsp3) is 0.471. The molecule has 0 saturated heterocycles. The molecule has 37 heavy (non-hydrogen) atoms. The van der Waals surface area contributed by atoms with Crippen molar-refractivity contribution in [2.75, 3.05) is 11.1 Å². The van der Waals surface area contributed by atoms with Gasteiger partial charge in [0.2, 0.25) is 0 Å². The van der Waals surface area contributed by atoms with Crippen LogP contribution in [0.25, 0.3) is 0 Å². The molecular weight excluding hydrogens is 452 g/mol. The zero-order valence-electron chi connectivity index (χ0n) is 24.4. The molecule has 0 aliphatic carbocycles. The summed E-state index contributed by atoms with van der Waals surface area (Å²) in [6, 6.07) is 17.2. The molecule has 3 aromatic carbocycles. The summed E-state index contributed by atoms with van der Waals surface area (Å²) < 4.78 is 0. The minimum absolute atomic E-state index is 0.181. The van der Waals surface area contributed by atoms with Crippen molar-refractivity contribution >= 4 is 11.4 Å². The second-order valence-corrected chi connectivity index (χ2v) is 11.8. The first-order chi connectivity index (χ1) is 17.4. The number of rotatable bonds is 10. The number of aromatic hydroxyl groups is 1. The maximum absolute atomic E-state index is 9.77. The lowest BCUT2D eigenvalue weighted by Gasteiger charge is -2.27. The first-order valence-corrected chi connectivity index (χ1v) is 14.1. The van der Waals surface area contributed by atoms with E-state index in [9.17, 15) is 5.11 Å². The van der Waals surface area contributed by atoms with Crippen molar-refractivity contribution in [2.24, 2.45) is 0 Å². The molecule has 200 valence electrons. The maximum Gasteiger partial charge on any atom is 0.115 e. The highest BCUT2D eigenvalue weighted by Gasteiger charge is 2.20. The summed E-state index contributed by atoms with van der Waals surface area (Å²) in [6.45, 7) is 20.3. The van der Waals surface area contributed by atoms with Crippen LogP contribution < -0.4 is 11.1 Å². The molecule has 3 heteroatoms. The molecule has 0 aliphatic heterocycles. The van der Waals surface area contributed by atoms with E-state index in [1.165, 1.54) is 44.6 Å². The van der Waals surface area contributed by atoms with Crippen molar-refractivity contribution in [1.29, 1.82) is 0 Å². The minimum Gasteiger partial charge on any atom is -0.508 e. The molecule has 4 N–H and O–H groups in total. The van der Waals surface area contributed by atoms with Gasteiger partial charge < -0.3 is 16.2 Å². The lowest BCUT2D eigenvalue weighted by Crippen LogP contribution is -2.15. The van der Waals surface area contributed by atoms with Crippen LogP contribution in [0.15, 0.2) is 48.5 Å². The van der Waals surface area contributed by atoms with E-state index in [4.69, 9.17) is 5.73 Å². The van der Waals surface area contributed by atoms with Gasteiger partial charge in [-0.05, 0) is 87.6 Å². The van der Waals surface area contributed by atoms with Crippen molar-refractivity contribution < 1.29 is 5.11 Å². The zero-order valence-corrected chi connectivity index (χ0v) is 24.4. The monoisotopic (exact) mass is 500 g/mol. The van der Waals surface area contributed by atoms with Crippen LogP contribution in [0.5, 0.6) is 5.75 Å². The van der Waals surface area contributed by atoms with Crippen molar-refractivity contribution in [2.45, 2.75) is 105 Å². The average molecular weight is 501 g/mol. The molecule has 0 radical (unpaired) electrons. The summed E-state index contributed by atoms with van der Waals surface area (Å²) in [6.07, 6.45) is 1.86. The normalized spacial score (nSPS) is 12.7. The number of phenols is 1. The number of nitrogen functional groups attached to an aromatic ring is 1. The second-order valence-electron chi connectivity index (χ2n) is 11.8. The first-order valence-electron chi connectivity index (χ1n) is 14.1. The third-order valence-electron chi connectivity index (χ3n) is 7.48. The third-order valence-corrected chi connectivity index (χ3v) is 7.48. The van der Waals surface area contributed by atoms with Gasteiger partial charge in [0.1, 0.15) is 5.75 Å². The van der Waals surface area contributed by atoms with Gasteiger partial charge in [-0.15, -0.1) is 0 Å². The largest absolute Gasteiger partial charge is 0.508 e. The molecule has 0 aliphatic rings. The molecule has 0 heterocycles. The van der Waals surface area contributed by atoms with E-state index in [0.717, 1.165) is 18.5 Å². The lowest BCUT2D eigenvalue weighted by atomic mass is 9.86. The Bertz CT molecular complexity index is 1130. The van der Waals surface area contributed by atoms with Crippen molar-refractivity contribution in [1.82, 2.24) is 0 Å². The minimum atomic E-state index is 0.181. The molecule has 1 unspecified atom stereocenters. The van der Waals surface area contributed by atoms with E-state index in [0.29, 0.717) is 29.4 Å². The average Bonchev–Trinajstić information content (AvgIpc) is 2.83. The number of hydrogen-bond acceptors (Lipinski definition) is 3. The van der Waals surface area contributed by atoms with Gasteiger partial charge in [-0.25, -0.2) is 0 Å². The molecule has 3 nitrogen and oxygen atoms in total. The van der Waals surface area contributed by atoms with E-state index in [1.807, 2.05) is 12.1 Å². The predicted octanol–water partition coefficient (Wildman–Crippen LogP) is 9.62. The number of nitrogens with two attached hydrogens (primary N) is 1. The fourth-order valence-electron chi connectivity index (χ4n) is 5.29. The van der Waals surface area contributed by atoms with Crippen molar-refractivity contribution in [3.63, 3.8) is 0 Å². The molecule has 0 saturated carbocycles. The van der Waals surface area contributed by atoms with Crippen LogP contribution in [0.4, 0.5) is 11.4 Å². The number of phenolic OH excluding ortho intramolecular Hbond substituents is 1. The van der Waals surface area contributed by atoms with Gasteiger partial charge in [0.25, 0.3) is 0 Å². The summed E-state index contributed by atoms with van der Waals surface area (Å²) in [5.41, 5.74) is 17.9. The molecule has 0 spiro atoms. The Morgan fingerprint density at radius 1 is 0.676 bits per heavy atom. The molecule has 1 atom stereocenters. The Hall–Kier alpha value is -2.94. The van der Waals surface area contributed by atoms with Gasteiger partial charge in [0, 0.05) is 11.4 Å². The van der Waals surface area contributed by atoms with Crippen molar-refractivity contribution in [3.05, 3.63) is 87.5 Å². The molecule has 0 amide bonds. The van der Waals surface area contributed by atoms with E-state index < -0.39 is 0 Å². The summed E-state index contributed by atoms with van der Waals surface area (Å²) in [5, 5.41) is 13.7. The van der Waals surface area contributed by atoms with Gasteiger partial charge in [0.05, 0.1) is 6.04 Å². The van der Waals surface area contributed by atoms with Gasteiger partial charge >= 0.3 is 0 Å². The van der Waals surface area contributed by atoms with Gasteiger partial charge in [-0.2, -0.15) is 0 Å². The van der Waals surface area contributed by atoms with Crippen LogP contribution in [0.1, 0.15) is 137 Å². The Morgan fingerprint density at radius 3 is 1.46 bits per heavy atom. The van der Waals surface area contributed by atoms with Gasteiger partial charge in [0.15, 0.2) is 0 Å². The molecule has 3 aromatic rings. The standard InChI is InChI=1S/C34H48N2O/c1-10-32(26-11-13-27(37)14-12-26)36-34-30(22(6)7)18-25(19-31(34)23(8)9)15-24-16-28(20(2)3)33(35)29(17-24)21(4)5/h11-14,16-23,32,36-37H,10,15,35H2,1-9H3. The zero-order chi connectivity index (χ0) is 27.4. The number of benzene rings is 3. The number of nitrogens with one attached hydrogen (secondary N) is 1. The molecule has 0 aromatic heterocycles. The second kappa shape index (κ2) is 12.1. The Labute approximate surface area is 225 Å². The molecule has 0 fully saturated rings. The summed E-state index contributed by atoms with van der Waals surface area (Å²) >= 11 is 0. The van der Waals surface area contributed by atoms with Crippen LogP contribution in [0, 0.1) is 0 Å². The number of hydrogen-bond donors (Lipinski definition) is 3.